The van der Waals surface area contributed by atoms with Crippen molar-refractivity contribution in [3.63, 3.8) is 0 Å². The predicted octanol–water partition coefficient (Wildman–Crippen LogP) is 0.897. The van der Waals surface area contributed by atoms with E-state index >= 15 is 0 Å². The molecule has 5 heteroatoms. The van der Waals surface area contributed by atoms with Crippen LogP contribution in [0.4, 0.5) is 0 Å². The van der Waals surface area contributed by atoms with Crippen molar-refractivity contribution in [3.8, 4) is 0 Å². The molecule has 0 radical (unpaired) electrons. The first-order chi connectivity index (χ1) is 9.13. The Morgan fingerprint density at radius 3 is 2.68 bits per heavy atom. The summed E-state index contributed by atoms with van der Waals surface area (Å²) in [4.78, 5) is 14.5. The number of nitrogens with zero attached hydrogens (tertiary/aromatic N) is 1. The van der Waals surface area contributed by atoms with E-state index in [1.54, 1.807) is 4.90 Å². The lowest BCUT2D eigenvalue weighted by molar-refractivity contribution is -0.130. The number of carbonyl (C=O) groups excluding carboxylic acids is 1. The molecule has 1 amide bonds. The van der Waals surface area contributed by atoms with Gasteiger partial charge >= 0.3 is 0 Å². The monoisotopic (exact) mass is 278 g/mol. The SMILES string of the molecule is NC(=S)C(C(=O)N1CCC(CO)C1)c1ccccc1. The molecule has 3 N–H and O–H groups in total. The summed E-state index contributed by atoms with van der Waals surface area (Å²) in [6.07, 6.45) is 0.834. The Balaban J connectivity index is 2.17. The van der Waals surface area contributed by atoms with Crippen molar-refractivity contribution in [2.45, 2.75) is 12.3 Å². The lowest BCUT2D eigenvalue weighted by Gasteiger charge is -2.23. The molecule has 2 rings (SSSR count). The molecule has 2 atom stereocenters. The number of aliphatic hydroxyl groups excluding tert-OH is 1. The lowest BCUT2D eigenvalue weighted by Crippen LogP contribution is -2.38. The molecule has 1 aromatic carbocycles. The molecule has 0 bridgehead atoms. The normalized spacial score (nSPS) is 20.3. The number of carbonyl (C=O) groups is 1. The number of benzene rings is 1. The molecule has 0 aliphatic carbocycles. The Morgan fingerprint density at radius 2 is 2.16 bits per heavy atom. The van der Waals surface area contributed by atoms with Gasteiger partial charge in [-0.25, -0.2) is 0 Å². The molecule has 0 saturated carbocycles. The van der Waals surface area contributed by atoms with Gasteiger partial charge in [0.25, 0.3) is 0 Å². The van der Waals surface area contributed by atoms with Gasteiger partial charge in [-0.05, 0) is 12.0 Å². The van der Waals surface area contributed by atoms with Crippen molar-refractivity contribution in [1.29, 1.82) is 0 Å². The van der Waals surface area contributed by atoms with E-state index in [4.69, 9.17) is 23.1 Å². The third-order valence-corrected chi connectivity index (χ3v) is 3.76. The second kappa shape index (κ2) is 6.12. The van der Waals surface area contributed by atoms with Crippen molar-refractivity contribution in [2.24, 2.45) is 11.7 Å². The van der Waals surface area contributed by atoms with Crippen LogP contribution in [0.25, 0.3) is 0 Å². The van der Waals surface area contributed by atoms with Crippen molar-refractivity contribution >= 4 is 23.1 Å². The topological polar surface area (TPSA) is 66.6 Å². The largest absolute Gasteiger partial charge is 0.396 e. The molecule has 4 nitrogen and oxygen atoms in total. The standard InChI is InChI=1S/C14H18N2O2S/c15-13(19)12(11-4-2-1-3-5-11)14(18)16-7-6-10(8-16)9-17/h1-5,10,12,17H,6-9H2,(H2,15,19). The van der Waals surface area contributed by atoms with Crippen LogP contribution < -0.4 is 5.73 Å². The summed E-state index contributed by atoms with van der Waals surface area (Å²) in [5.41, 5.74) is 6.57. The van der Waals surface area contributed by atoms with Crippen LogP contribution in [0.2, 0.25) is 0 Å². The third-order valence-electron chi connectivity index (χ3n) is 3.52. The maximum Gasteiger partial charge on any atom is 0.237 e. The van der Waals surface area contributed by atoms with Crippen molar-refractivity contribution < 1.29 is 9.90 Å². The van der Waals surface area contributed by atoms with E-state index in [0.29, 0.717) is 13.1 Å². The van der Waals surface area contributed by atoms with Crippen LogP contribution in [0.3, 0.4) is 0 Å². The highest BCUT2D eigenvalue weighted by atomic mass is 32.1. The minimum Gasteiger partial charge on any atom is -0.396 e. The molecular formula is C14H18N2O2S. The number of rotatable bonds is 4. The fraction of sp³-hybridized carbons (Fsp3) is 0.429. The minimum absolute atomic E-state index is 0.0605. The summed E-state index contributed by atoms with van der Waals surface area (Å²) >= 11 is 5.05. The Kier molecular flexibility index (Phi) is 4.50. The van der Waals surface area contributed by atoms with E-state index in [1.165, 1.54) is 0 Å². The number of likely N-dealkylation sites (tertiary alicyclic amines) is 1. The molecular weight excluding hydrogens is 260 g/mol. The van der Waals surface area contributed by atoms with Gasteiger partial charge in [-0.2, -0.15) is 0 Å². The summed E-state index contributed by atoms with van der Waals surface area (Å²) in [6.45, 7) is 1.37. The third kappa shape index (κ3) is 3.11. The molecule has 102 valence electrons. The first-order valence-electron chi connectivity index (χ1n) is 6.37. The summed E-state index contributed by atoms with van der Waals surface area (Å²) in [6, 6.07) is 9.35. The summed E-state index contributed by atoms with van der Waals surface area (Å²) in [5.74, 6) is -0.449. The number of nitrogens with two attached hydrogens (primary N) is 1. The molecule has 1 heterocycles. The molecule has 19 heavy (non-hydrogen) atoms. The fourth-order valence-electron chi connectivity index (χ4n) is 2.44. The van der Waals surface area contributed by atoms with E-state index in [1.807, 2.05) is 30.3 Å². The van der Waals surface area contributed by atoms with Crippen LogP contribution in [-0.2, 0) is 4.79 Å². The highest BCUT2D eigenvalue weighted by Crippen LogP contribution is 2.23. The van der Waals surface area contributed by atoms with E-state index in [-0.39, 0.29) is 23.4 Å². The molecule has 2 unspecified atom stereocenters. The highest BCUT2D eigenvalue weighted by molar-refractivity contribution is 7.80. The Bertz CT molecular complexity index is 464. The molecule has 1 fully saturated rings. The smallest absolute Gasteiger partial charge is 0.237 e. The maximum atomic E-state index is 12.5. The van der Waals surface area contributed by atoms with Crippen LogP contribution in [0.15, 0.2) is 30.3 Å². The lowest BCUT2D eigenvalue weighted by atomic mass is 9.97. The van der Waals surface area contributed by atoms with E-state index in [9.17, 15) is 4.79 Å². The van der Waals surface area contributed by atoms with Gasteiger partial charge in [0.15, 0.2) is 0 Å². The van der Waals surface area contributed by atoms with Crippen LogP contribution in [-0.4, -0.2) is 40.6 Å². The Hall–Kier alpha value is -1.46. The van der Waals surface area contributed by atoms with Gasteiger partial charge in [0.1, 0.15) is 5.92 Å². The number of hydrogen-bond acceptors (Lipinski definition) is 3. The molecule has 0 aromatic heterocycles. The number of thiocarbonyl (C=S) groups is 1. The van der Waals surface area contributed by atoms with Crippen molar-refractivity contribution in [1.82, 2.24) is 4.90 Å². The molecule has 1 aromatic rings. The van der Waals surface area contributed by atoms with Gasteiger partial charge in [-0.3, -0.25) is 4.79 Å². The molecule has 1 aliphatic heterocycles. The van der Waals surface area contributed by atoms with Crippen molar-refractivity contribution in [2.75, 3.05) is 19.7 Å². The maximum absolute atomic E-state index is 12.5. The minimum atomic E-state index is -0.561. The van der Waals surface area contributed by atoms with Crippen LogP contribution in [0, 0.1) is 5.92 Å². The zero-order chi connectivity index (χ0) is 13.8. The molecule has 0 spiro atoms. The highest BCUT2D eigenvalue weighted by Gasteiger charge is 2.32. The second-order valence-electron chi connectivity index (χ2n) is 4.87. The first-order valence-corrected chi connectivity index (χ1v) is 6.78. The molecule has 1 saturated heterocycles. The number of amides is 1. The van der Waals surface area contributed by atoms with Crippen molar-refractivity contribution in [3.05, 3.63) is 35.9 Å². The molecule has 1 aliphatic rings. The Labute approximate surface area is 118 Å². The zero-order valence-electron chi connectivity index (χ0n) is 10.7. The number of aliphatic hydroxyl groups is 1. The van der Waals surface area contributed by atoms with Crippen LogP contribution >= 0.6 is 12.2 Å². The van der Waals surface area contributed by atoms with Gasteiger partial charge < -0.3 is 15.7 Å². The van der Waals surface area contributed by atoms with E-state index in [0.717, 1.165) is 12.0 Å². The summed E-state index contributed by atoms with van der Waals surface area (Å²) in [5, 5.41) is 9.14. The average molecular weight is 278 g/mol. The fourth-order valence-corrected chi connectivity index (χ4v) is 2.68. The van der Waals surface area contributed by atoms with Gasteiger partial charge in [0.2, 0.25) is 5.91 Å². The van der Waals surface area contributed by atoms with Crippen LogP contribution in [0.1, 0.15) is 17.9 Å². The second-order valence-corrected chi connectivity index (χ2v) is 5.34. The first kappa shape index (κ1) is 14.0. The van der Waals surface area contributed by atoms with E-state index in [2.05, 4.69) is 0 Å². The van der Waals surface area contributed by atoms with Gasteiger partial charge in [-0.1, -0.05) is 42.5 Å². The number of hydrogen-bond donors (Lipinski definition) is 2. The predicted molar refractivity (Wildman–Crippen MR) is 77.7 cm³/mol. The average Bonchev–Trinajstić information content (AvgIpc) is 2.88. The summed E-state index contributed by atoms with van der Waals surface area (Å²) in [7, 11) is 0. The Morgan fingerprint density at radius 1 is 1.47 bits per heavy atom. The zero-order valence-corrected chi connectivity index (χ0v) is 11.5. The van der Waals surface area contributed by atoms with Gasteiger partial charge in [0.05, 0.1) is 4.99 Å². The quantitative estimate of drug-likeness (QED) is 0.803. The van der Waals surface area contributed by atoms with E-state index < -0.39 is 5.92 Å². The van der Waals surface area contributed by atoms with Crippen LogP contribution in [0.5, 0.6) is 0 Å². The summed E-state index contributed by atoms with van der Waals surface area (Å²) < 4.78 is 0. The van der Waals surface area contributed by atoms with Gasteiger partial charge in [-0.15, -0.1) is 0 Å². The van der Waals surface area contributed by atoms with Gasteiger partial charge in [0, 0.05) is 25.6 Å².